The van der Waals surface area contributed by atoms with E-state index < -0.39 is 24.7 Å². The molecule has 0 amide bonds. The minimum atomic E-state index is -4.72. The van der Waals surface area contributed by atoms with Crippen LogP contribution in [0.15, 0.2) is 29.7 Å². The van der Waals surface area contributed by atoms with Crippen molar-refractivity contribution < 1.29 is 27.2 Å². The molecule has 0 saturated carbocycles. The molecule has 0 atom stereocenters. The lowest BCUT2D eigenvalue weighted by molar-refractivity contribution is -0.274. The molecule has 2 rings (SSSR count). The van der Waals surface area contributed by atoms with Crippen LogP contribution in [0.25, 0.3) is 6.08 Å². The minimum absolute atomic E-state index is 0.274. The summed E-state index contributed by atoms with van der Waals surface area (Å²) in [5.41, 5.74) is 0.277. The maximum atomic E-state index is 12.3. The Morgan fingerprint density at radius 2 is 1.79 bits per heavy atom. The molecule has 24 heavy (non-hydrogen) atoms. The number of hydrogen-bond acceptors (Lipinski definition) is 4. The van der Waals surface area contributed by atoms with Gasteiger partial charge in [0, 0.05) is 5.75 Å². The van der Waals surface area contributed by atoms with Crippen LogP contribution < -0.4 is 4.74 Å². The van der Waals surface area contributed by atoms with Gasteiger partial charge in [-0.15, -0.1) is 13.2 Å². The number of hydrogen-bond donors (Lipinski definition) is 1. The monoisotopic (exact) mass is 360 g/mol. The zero-order chi connectivity index (χ0) is 18.2. The highest BCUT2D eigenvalue weighted by atomic mass is 32.1. The third-order valence-corrected chi connectivity index (χ3v) is 4.55. The molecule has 0 bridgehead atoms. The van der Waals surface area contributed by atoms with Crippen molar-refractivity contribution in [1.29, 1.82) is 0 Å². The predicted octanol–water partition coefficient (Wildman–Crippen LogP) is 4.53. The van der Waals surface area contributed by atoms with E-state index >= 15 is 0 Å². The van der Waals surface area contributed by atoms with Crippen LogP contribution in [-0.4, -0.2) is 30.4 Å². The van der Waals surface area contributed by atoms with Gasteiger partial charge in [0.25, 0.3) is 0 Å². The molecule has 8 heteroatoms. The normalized spacial score (nSPS) is 20.3. The molecule has 1 aromatic rings. The van der Waals surface area contributed by atoms with Gasteiger partial charge in [0.2, 0.25) is 0 Å². The maximum Gasteiger partial charge on any atom is 0.573 e. The average molecular weight is 360 g/mol. The summed E-state index contributed by atoms with van der Waals surface area (Å²) in [6, 6.07) is 5.73. The van der Waals surface area contributed by atoms with Crippen LogP contribution in [0.3, 0.4) is 0 Å². The van der Waals surface area contributed by atoms with Gasteiger partial charge in [0.1, 0.15) is 5.75 Å². The highest BCUT2D eigenvalue weighted by Crippen LogP contribution is 2.39. The van der Waals surface area contributed by atoms with Gasteiger partial charge in [-0.3, -0.25) is 0 Å². The van der Waals surface area contributed by atoms with E-state index in [4.69, 9.17) is 9.31 Å². The van der Waals surface area contributed by atoms with E-state index in [9.17, 15) is 13.2 Å². The van der Waals surface area contributed by atoms with Crippen molar-refractivity contribution in [1.82, 2.24) is 0 Å². The Bertz CT molecular complexity index is 613. The highest BCUT2D eigenvalue weighted by Gasteiger charge is 2.52. The van der Waals surface area contributed by atoms with E-state index in [1.165, 1.54) is 18.2 Å². The van der Waals surface area contributed by atoms with Gasteiger partial charge in [0.15, 0.2) is 0 Å². The molecule has 0 radical (unpaired) electrons. The standard InChI is InChI=1S/C16H20BF3O3S/c1-14(2)15(3,4)23-17(22-14)12(10-24)8-11-6-5-7-13(9-11)21-16(18,19)20/h5-9,24H,10H2,1-4H3. The number of alkyl halides is 3. The molecule has 132 valence electrons. The topological polar surface area (TPSA) is 27.7 Å². The molecule has 1 aromatic carbocycles. The zero-order valence-corrected chi connectivity index (χ0v) is 14.9. The van der Waals surface area contributed by atoms with Crippen LogP contribution >= 0.6 is 12.6 Å². The van der Waals surface area contributed by atoms with Crippen LogP contribution in [0.4, 0.5) is 13.2 Å². The Balaban J connectivity index is 2.24. The molecular formula is C16H20BF3O3S. The number of thiol groups is 1. The fraction of sp³-hybridized carbons (Fsp3) is 0.500. The molecule has 1 aliphatic heterocycles. The number of halogens is 3. The van der Waals surface area contributed by atoms with Crippen molar-refractivity contribution in [2.45, 2.75) is 45.3 Å². The highest BCUT2D eigenvalue weighted by molar-refractivity contribution is 7.80. The van der Waals surface area contributed by atoms with Gasteiger partial charge in [-0.05, 0) is 50.9 Å². The number of rotatable bonds is 4. The Morgan fingerprint density at radius 1 is 1.21 bits per heavy atom. The summed E-state index contributed by atoms with van der Waals surface area (Å²) in [5.74, 6) is 0.0740. The quantitative estimate of drug-likeness (QED) is 0.632. The first-order chi connectivity index (χ1) is 10.9. The Labute approximate surface area is 145 Å². The van der Waals surface area contributed by atoms with Crippen molar-refractivity contribution in [2.24, 2.45) is 0 Å². The average Bonchev–Trinajstić information content (AvgIpc) is 2.63. The summed E-state index contributed by atoms with van der Waals surface area (Å²) in [4.78, 5) is 0. The number of benzene rings is 1. The van der Waals surface area contributed by atoms with Crippen LogP contribution in [0, 0.1) is 0 Å². The van der Waals surface area contributed by atoms with Crippen molar-refractivity contribution in [2.75, 3.05) is 5.75 Å². The van der Waals surface area contributed by atoms with Crippen LogP contribution in [0.5, 0.6) is 5.75 Å². The van der Waals surface area contributed by atoms with Crippen molar-refractivity contribution in [3.8, 4) is 5.75 Å². The summed E-state index contributed by atoms with van der Waals surface area (Å²) < 4.78 is 52.8. The molecule has 1 heterocycles. The van der Waals surface area contributed by atoms with Crippen molar-refractivity contribution in [3.63, 3.8) is 0 Å². The van der Waals surface area contributed by atoms with E-state index in [-0.39, 0.29) is 5.75 Å². The van der Waals surface area contributed by atoms with E-state index in [2.05, 4.69) is 17.4 Å². The molecule has 3 nitrogen and oxygen atoms in total. The van der Waals surface area contributed by atoms with Gasteiger partial charge in [-0.25, -0.2) is 0 Å². The van der Waals surface area contributed by atoms with Crippen LogP contribution in [-0.2, 0) is 9.31 Å². The molecule has 0 unspecified atom stereocenters. The second kappa shape index (κ2) is 6.65. The van der Waals surface area contributed by atoms with Crippen molar-refractivity contribution in [3.05, 3.63) is 35.3 Å². The summed E-state index contributed by atoms with van der Waals surface area (Å²) in [5, 5.41) is 0. The molecule has 1 aliphatic rings. The molecule has 0 N–H and O–H groups in total. The molecule has 1 saturated heterocycles. The van der Waals surface area contributed by atoms with E-state index in [1.54, 1.807) is 12.1 Å². The van der Waals surface area contributed by atoms with Gasteiger partial charge in [-0.1, -0.05) is 18.2 Å². The van der Waals surface area contributed by atoms with E-state index in [1.807, 2.05) is 27.7 Å². The Hall–Kier alpha value is -1.12. The molecule has 0 aromatic heterocycles. The second-order valence-corrected chi connectivity index (χ2v) is 6.90. The lowest BCUT2D eigenvalue weighted by Crippen LogP contribution is -2.41. The summed E-state index contributed by atoms with van der Waals surface area (Å²) in [6.45, 7) is 7.73. The number of ether oxygens (including phenoxy) is 1. The maximum absolute atomic E-state index is 12.3. The molecule has 1 fully saturated rings. The van der Waals surface area contributed by atoms with E-state index in [0.717, 1.165) is 5.47 Å². The summed E-state index contributed by atoms with van der Waals surface area (Å²) >= 11 is 4.29. The fourth-order valence-corrected chi connectivity index (χ4v) is 2.44. The molecular weight excluding hydrogens is 340 g/mol. The van der Waals surface area contributed by atoms with Gasteiger partial charge in [0.05, 0.1) is 11.2 Å². The lowest BCUT2D eigenvalue weighted by Gasteiger charge is -2.32. The minimum Gasteiger partial charge on any atom is -0.406 e. The first kappa shape index (κ1) is 19.2. The smallest absolute Gasteiger partial charge is 0.406 e. The predicted molar refractivity (Wildman–Crippen MR) is 91.0 cm³/mol. The Kier molecular flexibility index (Phi) is 5.32. The van der Waals surface area contributed by atoms with Crippen LogP contribution in [0.1, 0.15) is 33.3 Å². The first-order valence-corrected chi connectivity index (χ1v) is 8.09. The van der Waals surface area contributed by atoms with Gasteiger partial charge >= 0.3 is 13.5 Å². The SMILES string of the molecule is CC1(C)OB(C(=Cc2cccc(OC(F)(F)F)c2)CS)OC1(C)C. The van der Waals surface area contributed by atoms with Crippen LogP contribution in [0.2, 0.25) is 0 Å². The lowest BCUT2D eigenvalue weighted by atomic mass is 9.78. The largest absolute Gasteiger partial charge is 0.573 e. The first-order valence-electron chi connectivity index (χ1n) is 7.46. The van der Waals surface area contributed by atoms with Gasteiger partial charge in [-0.2, -0.15) is 12.6 Å². The third kappa shape index (κ3) is 4.49. The second-order valence-electron chi connectivity index (χ2n) is 6.59. The summed E-state index contributed by atoms with van der Waals surface area (Å²) in [7, 11) is -0.598. The molecule has 0 spiro atoms. The molecule has 0 aliphatic carbocycles. The fourth-order valence-electron chi connectivity index (χ4n) is 2.20. The summed E-state index contributed by atoms with van der Waals surface area (Å²) in [6.07, 6.45) is -3.02. The van der Waals surface area contributed by atoms with Crippen molar-refractivity contribution >= 4 is 25.8 Å². The van der Waals surface area contributed by atoms with E-state index in [0.29, 0.717) is 11.3 Å². The van der Waals surface area contributed by atoms with Gasteiger partial charge < -0.3 is 14.0 Å². The third-order valence-electron chi connectivity index (χ3n) is 4.18. The zero-order valence-electron chi connectivity index (χ0n) is 14.0. The Morgan fingerprint density at radius 3 is 2.29 bits per heavy atom.